The molecule has 0 spiro atoms. The molecule has 13 heteroatoms. The lowest BCUT2D eigenvalue weighted by Gasteiger charge is -2.38. The van der Waals surface area contributed by atoms with Gasteiger partial charge in [0, 0.05) is 7.11 Å². The van der Waals surface area contributed by atoms with E-state index < -0.39 is 35.8 Å². The van der Waals surface area contributed by atoms with Crippen LogP contribution in [0.15, 0.2) is 0 Å². The molecule has 3 nitrogen and oxygen atoms in total. The van der Waals surface area contributed by atoms with E-state index in [1.54, 1.807) is 0 Å². The quantitative estimate of drug-likeness (QED) is 0.570. The maximum atomic E-state index is 13.5. The van der Waals surface area contributed by atoms with Gasteiger partial charge < -0.3 is 9.47 Å². The van der Waals surface area contributed by atoms with Crippen molar-refractivity contribution < 1.29 is 58.2 Å². The van der Waals surface area contributed by atoms with Crippen LogP contribution in [0.2, 0.25) is 0 Å². The zero-order valence-corrected chi connectivity index (χ0v) is 10.0. The number of halogens is 10. The molecule has 0 aliphatic rings. The first-order chi connectivity index (χ1) is 9.04. The summed E-state index contributed by atoms with van der Waals surface area (Å²) in [6, 6.07) is 0. The highest BCUT2D eigenvalue weighted by Gasteiger charge is 2.88. The minimum absolute atomic E-state index is 0.132. The first kappa shape index (κ1) is 19.7. The highest BCUT2D eigenvalue weighted by atomic mass is 19.4. The minimum Gasteiger partial charge on any atom is -0.465 e. The highest BCUT2D eigenvalue weighted by Crippen LogP contribution is 2.57. The number of carbonyl (C=O) groups excluding carboxylic acids is 1. The van der Waals surface area contributed by atoms with Crippen LogP contribution in [0.4, 0.5) is 43.9 Å². The number of carbonyl (C=O) groups is 1. The van der Waals surface area contributed by atoms with Crippen molar-refractivity contribution in [3.05, 3.63) is 0 Å². The molecule has 1 atom stereocenters. The zero-order chi connectivity index (χ0) is 17.5. The van der Waals surface area contributed by atoms with Gasteiger partial charge in [-0.25, -0.2) is 4.79 Å². The van der Waals surface area contributed by atoms with Crippen LogP contribution in [0.25, 0.3) is 0 Å². The fraction of sp³-hybridized carbons (Fsp3) is 0.875. The molecule has 0 rings (SSSR count). The number of rotatable bonds is 5. The predicted octanol–water partition coefficient (Wildman–Crippen LogP) is 2.94. The van der Waals surface area contributed by atoms with Crippen molar-refractivity contribution in [2.75, 3.05) is 14.2 Å². The third kappa shape index (κ3) is 2.51. The van der Waals surface area contributed by atoms with Crippen molar-refractivity contribution in [1.82, 2.24) is 0 Å². The fourth-order valence-electron chi connectivity index (χ4n) is 1.05. The van der Waals surface area contributed by atoms with Gasteiger partial charge in [-0.05, 0) is 0 Å². The van der Waals surface area contributed by atoms with E-state index >= 15 is 0 Å². The predicted molar refractivity (Wildman–Crippen MR) is 43.8 cm³/mol. The van der Waals surface area contributed by atoms with Crippen molar-refractivity contribution in [1.29, 1.82) is 0 Å². The molecule has 0 bridgehead atoms. The zero-order valence-electron chi connectivity index (χ0n) is 10.0. The van der Waals surface area contributed by atoms with E-state index in [1.807, 2.05) is 0 Å². The van der Waals surface area contributed by atoms with Crippen LogP contribution < -0.4 is 0 Å². The van der Waals surface area contributed by atoms with Gasteiger partial charge in [0.25, 0.3) is 0 Å². The van der Waals surface area contributed by atoms with Gasteiger partial charge >= 0.3 is 35.8 Å². The molecule has 0 fully saturated rings. The molecule has 0 N–H and O–H groups in total. The normalized spacial score (nSPS) is 17.3. The second kappa shape index (κ2) is 5.18. The molecule has 0 saturated carbocycles. The van der Waals surface area contributed by atoms with E-state index in [9.17, 15) is 48.7 Å². The van der Waals surface area contributed by atoms with E-state index in [-0.39, 0.29) is 14.2 Å². The Morgan fingerprint density at radius 1 is 0.714 bits per heavy atom. The standard InChI is InChI=1S/C8H6F10O3/c1-20-3(19)4(9,21-2)5(10,11)6(12,13)7(14,15)8(16,17)18/h1-2H3. The van der Waals surface area contributed by atoms with E-state index in [4.69, 9.17) is 0 Å². The van der Waals surface area contributed by atoms with E-state index in [0.717, 1.165) is 0 Å². The van der Waals surface area contributed by atoms with Gasteiger partial charge in [0.15, 0.2) is 0 Å². The highest BCUT2D eigenvalue weighted by molar-refractivity contribution is 5.79. The third-order valence-corrected chi connectivity index (χ3v) is 2.28. The van der Waals surface area contributed by atoms with Crippen LogP contribution in [-0.4, -0.2) is 50.0 Å². The van der Waals surface area contributed by atoms with Gasteiger partial charge in [-0.15, -0.1) is 0 Å². The number of ether oxygens (including phenoxy) is 2. The largest absolute Gasteiger partial charge is 0.465 e. The molecule has 0 aliphatic carbocycles. The molecule has 0 heterocycles. The van der Waals surface area contributed by atoms with Crippen molar-refractivity contribution in [3.63, 3.8) is 0 Å². The number of esters is 1. The van der Waals surface area contributed by atoms with E-state index in [0.29, 0.717) is 0 Å². The third-order valence-electron chi connectivity index (χ3n) is 2.28. The van der Waals surface area contributed by atoms with Crippen LogP contribution >= 0.6 is 0 Å². The maximum Gasteiger partial charge on any atom is 0.460 e. The van der Waals surface area contributed by atoms with Gasteiger partial charge in [-0.2, -0.15) is 43.9 Å². The SMILES string of the molecule is COC(=O)C(F)(OC)C(F)(F)C(F)(F)C(F)(F)C(F)(F)F. The Morgan fingerprint density at radius 3 is 1.33 bits per heavy atom. The molecule has 0 aliphatic heterocycles. The second-order valence-corrected chi connectivity index (χ2v) is 3.51. The van der Waals surface area contributed by atoms with Crippen LogP contribution in [-0.2, 0) is 14.3 Å². The Hall–Kier alpha value is -1.27. The van der Waals surface area contributed by atoms with Crippen LogP contribution in [0, 0.1) is 0 Å². The molecule has 0 aromatic heterocycles. The molecule has 0 radical (unpaired) electrons. The molecule has 126 valence electrons. The molecule has 0 aromatic carbocycles. The summed E-state index contributed by atoms with van der Waals surface area (Å²) in [4.78, 5) is 10.7. The summed E-state index contributed by atoms with van der Waals surface area (Å²) >= 11 is 0. The van der Waals surface area contributed by atoms with Crippen LogP contribution in [0.1, 0.15) is 0 Å². The lowest BCUT2D eigenvalue weighted by atomic mass is 9.97. The van der Waals surface area contributed by atoms with Crippen molar-refractivity contribution in [3.8, 4) is 0 Å². The summed E-state index contributed by atoms with van der Waals surface area (Å²) in [6.45, 7) is 0. The topological polar surface area (TPSA) is 35.5 Å². The lowest BCUT2D eigenvalue weighted by molar-refractivity contribution is -0.426. The second-order valence-electron chi connectivity index (χ2n) is 3.51. The van der Waals surface area contributed by atoms with Crippen LogP contribution in [0.3, 0.4) is 0 Å². The van der Waals surface area contributed by atoms with Crippen molar-refractivity contribution in [2.24, 2.45) is 0 Å². The molecule has 0 amide bonds. The maximum absolute atomic E-state index is 13.5. The molecule has 0 aromatic rings. The Labute approximate surface area is 109 Å². The van der Waals surface area contributed by atoms with Crippen molar-refractivity contribution >= 4 is 5.97 Å². The van der Waals surface area contributed by atoms with Gasteiger partial charge in [0.2, 0.25) is 0 Å². The van der Waals surface area contributed by atoms with Gasteiger partial charge in [-0.3, -0.25) is 0 Å². The number of hydrogen-bond donors (Lipinski definition) is 0. The minimum atomic E-state index is -7.35. The molecule has 1 unspecified atom stereocenters. The van der Waals surface area contributed by atoms with Crippen molar-refractivity contribution in [2.45, 2.75) is 29.8 Å². The summed E-state index contributed by atoms with van der Waals surface area (Å²) in [5.41, 5.74) is 0. The Balaban J connectivity index is 6.16. The summed E-state index contributed by atoms with van der Waals surface area (Å²) in [7, 11) is 0.0540. The summed E-state index contributed by atoms with van der Waals surface area (Å²) < 4.78 is 132. The molecular formula is C8H6F10O3. The monoisotopic (exact) mass is 340 g/mol. The Bertz CT molecular complexity index is 404. The molecular weight excluding hydrogens is 334 g/mol. The smallest absolute Gasteiger partial charge is 0.460 e. The van der Waals surface area contributed by atoms with Crippen LogP contribution in [0.5, 0.6) is 0 Å². The summed E-state index contributed by atoms with van der Waals surface area (Å²) in [6.07, 6.45) is -7.15. The fourth-order valence-corrected chi connectivity index (χ4v) is 1.05. The summed E-state index contributed by atoms with van der Waals surface area (Å²) in [5, 5.41) is 0. The average Bonchev–Trinajstić information content (AvgIpc) is 2.34. The first-order valence-electron chi connectivity index (χ1n) is 4.57. The Kier molecular flexibility index (Phi) is 4.86. The van der Waals surface area contributed by atoms with Gasteiger partial charge in [0.1, 0.15) is 0 Å². The average molecular weight is 340 g/mol. The molecule has 0 saturated heterocycles. The van der Waals surface area contributed by atoms with E-state index in [1.165, 1.54) is 0 Å². The number of methoxy groups -OCH3 is 2. The van der Waals surface area contributed by atoms with E-state index in [2.05, 4.69) is 9.47 Å². The van der Waals surface area contributed by atoms with Gasteiger partial charge in [0.05, 0.1) is 7.11 Å². The number of hydrogen-bond acceptors (Lipinski definition) is 3. The first-order valence-corrected chi connectivity index (χ1v) is 4.57. The summed E-state index contributed by atoms with van der Waals surface area (Å²) in [5.74, 6) is -30.1. The van der Waals surface area contributed by atoms with Gasteiger partial charge in [-0.1, -0.05) is 0 Å². The number of alkyl halides is 10. The lowest BCUT2D eigenvalue weighted by Crippen LogP contribution is -2.70. The Morgan fingerprint density at radius 2 is 1.10 bits per heavy atom. The molecule has 21 heavy (non-hydrogen) atoms.